The molecule has 6 rings (SSSR count). The molecule has 0 atom stereocenters. The predicted octanol–water partition coefficient (Wildman–Crippen LogP) is 10.4. The van der Waals surface area contributed by atoms with Crippen LogP contribution in [0.1, 0.15) is 107 Å². The van der Waals surface area contributed by atoms with Crippen molar-refractivity contribution in [2.45, 2.75) is 102 Å². The number of rotatable bonds is 7. The number of likely N-dealkylation sites (N-methyl/N-ethyl adjacent to an activating group) is 1. The molecule has 4 heteroatoms. The lowest BCUT2D eigenvalue weighted by molar-refractivity contribution is 0.308. The van der Waals surface area contributed by atoms with Gasteiger partial charge in [0.15, 0.2) is 0 Å². The quantitative estimate of drug-likeness (QED) is 0.292. The van der Waals surface area contributed by atoms with Crippen LogP contribution >= 0.6 is 0 Å². The number of anilines is 1. The first-order chi connectivity index (χ1) is 21.6. The lowest BCUT2D eigenvalue weighted by Gasteiger charge is -2.40. The molecular formula is C41H54N4. The number of nitrogens with one attached hydrogen (secondary N) is 1. The van der Waals surface area contributed by atoms with Crippen molar-refractivity contribution < 1.29 is 0 Å². The average molecular weight is 603 g/mol. The number of aromatic nitrogens is 2. The number of allylic oxidation sites excluding steroid dienone is 5. The summed E-state index contributed by atoms with van der Waals surface area (Å²) < 4.78 is 0. The number of H-pyrrole nitrogens is 1. The zero-order valence-electron chi connectivity index (χ0n) is 28.9. The molecule has 45 heavy (non-hydrogen) atoms. The predicted molar refractivity (Wildman–Crippen MR) is 193 cm³/mol. The Morgan fingerprint density at radius 3 is 1.80 bits per heavy atom. The second-order valence-electron chi connectivity index (χ2n) is 14.9. The molecule has 3 aliphatic rings. The summed E-state index contributed by atoms with van der Waals surface area (Å²) in [4.78, 5) is 13.7. The lowest BCUT2D eigenvalue weighted by Crippen LogP contribution is -2.30. The minimum atomic E-state index is 0.221. The van der Waals surface area contributed by atoms with Crippen molar-refractivity contribution in [1.29, 1.82) is 0 Å². The summed E-state index contributed by atoms with van der Waals surface area (Å²) in [6.45, 7) is 7.50. The molecule has 2 fully saturated rings. The molecule has 0 spiro atoms. The highest BCUT2D eigenvalue weighted by atomic mass is 15.1. The molecular weight excluding hydrogens is 548 g/mol. The number of hydrogen-bond donors (Lipinski definition) is 1. The third kappa shape index (κ3) is 6.30. The summed E-state index contributed by atoms with van der Waals surface area (Å²) in [6, 6.07) is 13.9. The second kappa shape index (κ2) is 12.7. The van der Waals surface area contributed by atoms with Gasteiger partial charge in [-0.3, -0.25) is 0 Å². The number of hydrogen-bond acceptors (Lipinski definition) is 3. The van der Waals surface area contributed by atoms with E-state index in [0.29, 0.717) is 0 Å². The first kappa shape index (κ1) is 31.5. The first-order valence-electron chi connectivity index (χ1n) is 17.4. The zero-order chi connectivity index (χ0) is 31.8. The van der Waals surface area contributed by atoms with Gasteiger partial charge in [-0.25, -0.2) is 4.98 Å². The van der Waals surface area contributed by atoms with Crippen molar-refractivity contribution in [2.24, 2.45) is 0 Å². The van der Waals surface area contributed by atoms with Crippen molar-refractivity contribution in [3.63, 3.8) is 0 Å². The molecule has 0 amide bonds. The number of benzene rings is 2. The van der Waals surface area contributed by atoms with E-state index in [1.54, 1.807) is 11.1 Å². The first-order valence-corrected chi connectivity index (χ1v) is 17.4. The molecule has 3 aromatic rings. The Bertz CT molecular complexity index is 1550. The fraction of sp³-hybridized carbons (Fsp3) is 0.488. The van der Waals surface area contributed by atoms with E-state index in [9.17, 15) is 0 Å². The summed E-state index contributed by atoms with van der Waals surface area (Å²) in [6.07, 6.45) is 23.1. The SMILES string of the molecule is Cc1c(C2(C)CCCCC2)cc(-c2nc(-c3ccc(N(C)C)cc3)c(C3=CCC=C(N(C)C)C=C3)[nH]2)cc1C1(C)CCCCC1. The minimum absolute atomic E-state index is 0.221. The van der Waals surface area contributed by atoms with Crippen LogP contribution in [0, 0.1) is 6.92 Å². The van der Waals surface area contributed by atoms with E-state index in [1.165, 1.54) is 92.3 Å². The van der Waals surface area contributed by atoms with Gasteiger partial charge in [-0.05, 0) is 102 Å². The Hall–Kier alpha value is -3.53. The van der Waals surface area contributed by atoms with Crippen LogP contribution in [-0.2, 0) is 10.8 Å². The normalized spacial score (nSPS) is 19.4. The third-order valence-corrected chi connectivity index (χ3v) is 11.2. The molecule has 1 N–H and O–H groups in total. The van der Waals surface area contributed by atoms with Crippen LogP contribution in [0.4, 0.5) is 5.69 Å². The van der Waals surface area contributed by atoms with Crippen LogP contribution in [0.25, 0.3) is 28.2 Å². The van der Waals surface area contributed by atoms with E-state index in [4.69, 9.17) is 4.98 Å². The highest BCUT2D eigenvalue weighted by molar-refractivity contribution is 5.85. The Kier molecular flexibility index (Phi) is 8.87. The molecule has 3 aliphatic carbocycles. The number of aromatic amines is 1. The molecule has 4 nitrogen and oxygen atoms in total. The van der Waals surface area contributed by atoms with E-state index >= 15 is 0 Å². The summed E-state index contributed by atoms with van der Waals surface area (Å²) in [5.41, 5.74) is 13.2. The highest BCUT2D eigenvalue weighted by Gasteiger charge is 2.36. The number of nitrogens with zero attached hydrogens (tertiary/aromatic N) is 3. The van der Waals surface area contributed by atoms with Gasteiger partial charge in [0, 0.05) is 50.7 Å². The van der Waals surface area contributed by atoms with Crippen molar-refractivity contribution in [3.8, 4) is 22.6 Å². The fourth-order valence-electron chi connectivity index (χ4n) is 8.29. The summed E-state index contributed by atoms with van der Waals surface area (Å²) in [5.74, 6) is 0.984. The van der Waals surface area contributed by atoms with Crippen LogP contribution in [0.2, 0.25) is 0 Å². The van der Waals surface area contributed by atoms with E-state index in [2.05, 4.69) is 124 Å². The van der Waals surface area contributed by atoms with E-state index in [0.717, 1.165) is 29.2 Å². The Morgan fingerprint density at radius 1 is 0.689 bits per heavy atom. The van der Waals surface area contributed by atoms with Crippen molar-refractivity contribution >= 4 is 11.3 Å². The van der Waals surface area contributed by atoms with Gasteiger partial charge in [0.1, 0.15) is 5.82 Å². The van der Waals surface area contributed by atoms with Gasteiger partial charge in [0.25, 0.3) is 0 Å². The fourth-order valence-corrected chi connectivity index (χ4v) is 8.29. The number of imidazole rings is 1. The Morgan fingerprint density at radius 2 is 1.27 bits per heavy atom. The van der Waals surface area contributed by atoms with Gasteiger partial charge in [-0.1, -0.05) is 82.7 Å². The standard InChI is InChI=1S/C41H54N4/c1-29-35(40(2)23-10-8-11-24-40)27-32(28-36(29)41(3)25-12-9-13-26-41)39-42-37(30-15-14-16-33(20-17-30)44(4)5)38(43-39)31-18-21-34(22-19-31)45(6)7/h15-22,27-28H,8-14,23-26H2,1-7H3,(H,42,43). The van der Waals surface area contributed by atoms with Crippen molar-refractivity contribution in [1.82, 2.24) is 14.9 Å². The van der Waals surface area contributed by atoms with Crippen molar-refractivity contribution in [2.75, 3.05) is 33.1 Å². The van der Waals surface area contributed by atoms with E-state index < -0.39 is 0 Å². The van der Waals surface area contributed by atoms with Crippen LogP contribution in [0.5, 0.6) is 0 Å². The molecule has 238 valence electrons. The smallest absolute Gasteiger partial charge is 0.138 e. The van der Waals surface area contributed by atoms with Crippen LogP contribution in [-0.4, -0.2) is 43.1 Å². The van der Waals surface area contributed by atoms with Crippen molar-refractivity contribution in [3.05, 3.63) is 88.8 Å². The van der Waals surface area contributed by atoms with E-state index in [-0.39, 0.29) is 10.8 Å². The molecule has 0 saturated heterocycles. The molecule has 2 aromatic carbocycles. The summed E-state index contributed by atoms with van der Waals surface area (Å²) in [5, 5.41) is 0. The van der Waals surface area contributed by atoms with Gasteiger partial charge < -0.3 is 14.8 Å². The molecule has 0 radical (unpaired) electrons. The van der Waals surface area contributed by atoms with Crippen LogP contribution in [0.15, 0.2) is 66.4 Å². The third-order valence-electron chi connectivity index (χ3n) is 11.2. The molecule has 0 bridgehead atoms. The van der Waals surface area contributed by atoms with Gasteiger partial charge in [0.2, 0.25) is 0 Å². The Balaban J connectivity index is 1.52. The average Bonchev–Trinajstić information content (AvgIpc) is 3.32. The molecule has 1 heterocycles. The molecule has 0 aliphatic heterocycles. The monoisotopic (exact) mass is 602 g/mol. The highest BCUT2D eigenvalue weighted by Crippen LogP contribution is 2.48. The lowest BCUT2D eigenvalue weighted by atomic mass is 9.64. The van der Waals surface area contributed by atoms with Gasteiger partial charge in [-0.15, -0.1) is 0 Å². The van der Waals surface area contributed by atoms with Gasteiger partial charge in [0.05, 0.1) is 11.4 Å². The topological polar surface area (TPSA) is 35.2 Å². The van der Waals surface area contributed by atoms with Crippen LogP contribution < -0.4 is 4.90 Å². The maximum Gasteiger partial charge on any atom is 0.138 e. The summed E-state index contributed by atoms with van der Waals surface area (Å²) in [7, 11) is 8.41. The largest absolute Gasteiger partial charge is 0.378 e. The van der Waals surface area contributed by atoms with Crippen LogP contribution in [0.3, 0.4) is 0 Å². The van der Waals surface area contributed by atoms with E-state index in [1.807, 2.05) is 0 Å². The maximum absolute atomic E-state index is 5.46. The maximum atomic E-state index is 5.46. The minimum Gasteiger partial charge on any atom is -0.378 e. The molecule has 1 aromatic heterocycles. The zero-order valence-corrected chi connectivity index (χ0v) is 28.9. The Labute approximate surface area is 272 Å². The van der Waals surface area contributed by atoms with Gasteiger partial charge >= 0.3 is 0 Å². The molecule has 0 unspecified atom stereocenters. The summed E-state index contributed by atoms with van der Waals surface area (Å²) >= 11 is 0. The van der Waals surface area contributed by atoms with Gasteiger partial charge in [-0.2, -0.15) is 0 Å². The molecule has 2 saturated carbocycles. The second-order valence-corrected chi connectivity index (χ2v) is 14.9.